The lowest BCUT2D eigenvalue weighted by atomic mass is 10.0. The van der Waals surface area contributed by atoms with Gasteiger partial charge in [0.05, 0.1) is 31.2 Å². The Balaban J connectivity index is 2.27. The van der Waals surface area contributed by atoms with Crippen LogP contribution in [0.25, 0.3) is 0 Å². The number of amides is 1. The maximum Gasteiger partial charge on any atom is 0.391 e. The van der Waals surface area contributed by atoms with Gasteiger partial charge in [-0.25, -0.2) is 4.39 Å². The Morgan fingerprint density at radius 3 is 2.65 bits per heavy atom. The second-order valence-corrected chi connectivity index (χ2v) is 5.94. The van der Waals surface area contributed by atoms with Crippen molar-refractivity contribution in [3.63, 3.8) is 0 Å². The largest absolute Gasteiger partial charge is 0.480 e. The minimum absolute atomic E-state index is 0.138. The Morgan fingerprint density at radius 1 is 1.38 bits per heavy atom. The number of anilines is 1. The van der Waals surface area contributed by atoms with Crippen molar-refractivity contribution in [3.8, 4) is 0 Å². The van der Waals surface area contributed by atoms with E-state index in [9.17, 15) is 27.2 Å². The molecule has 6 nitrogen and oxygen atoms in total. The first-order chi connectivity index (χ1) is 12.1. The Morgan fingerprint density at radius 2 is 2.08 bits per heavy atom. The molecule has 1 unspecified atom stereocenters. The van der Waals surface area contributed by atoms with E-state index in [-0.39, 0.29) is 36.6 Å². The zero-order chi connectivity index (χ0) is 19.5. The molecule has 1 heterocycles. The van der Waals surface area contributed by atoms with Gasteiger partial charge in [-0.2, -0.15) is 13.2 Å². The van der Waals surface area contributed by atoms with Crippen molar-refractivity contribution in [1.29, 1.82) is 0 Å². The molecule has 2 rings (SSSR count). The molecule has 0 radical (unpaired) electrons. The van der Waals surface area contributed by atoms with Crippen LogP contribution in [-0.4, -0.2) is 55.5 Å². The lowest BCUT2D eigenvalue weighted by Gasteiger charge is -2.38. The van der Waals surface area contributed by atoms with Crippen molar-refractivity contribution < 1.29 is 37.0 Å². The lowest BCUT2D eigenvalue weighted by Crippen LogP contribution is -2.47. The number of benzene rings is 1. The second kappa shape index (κ2) is 7.90. The van der Waals surface area contributed by atoms with Gasteiger partial charge in [0.25, 0.3) is 5.91 Å². The highest BCUT2D eigenvalue weighted by molar-refractivity contribution is 5.97. The summed E-state index contributed by atoms with van der Waals surface area (Å²) in [6.07, 6.45) is -5.50. The van der Waals surface area contributed by atoms with Gasteiger partial charge in [-0.15, -0.1) is 0 Å². The summed E-state index contributed by atoms with van der Waals surface area (Å²) in [7, 11) is 0. The van der Waals surface area contributed by atoms with Crippen LogP contribution in [0, 0.1) is 12.7 Å². The summed E-state index contributed by atoms with van der Waals surface area (Å²) in [5.41, 5.74) is 0.0723. The molecule has 1 aromatic rings. The summed E-state index contributed by atoms with van der Waals surface area (Å²) in [5.74, 6) is -3.11. The highest BCUT2D eigenvalue weighted by Gasteiger charge is 2.36. The van der Waals surface area contributed by atoms with Crippen LogP contribution >= 0.6 is 0 Å². The van der Waals surface area contributed by atoms with Crippen molar-refractivity contribution >= 4 is 17.6 Å². The van der Waals surface area contributed by atoms with E-state index in [0.717, 1.165) is 6.07 Å². The predicted molar refractivity (Wildman–Crippen MR) is 83.7 cm³/mol. The van der Waals surface area contributed by atoms with Crippen LogP contribution in [0.15, 0.2) is 12.1 Å². The number of alkyl halides is 3. The molecule has 0 aromatic heterocycles. The molecule has 0 saturated carbocycles. The van der Waals surface area contributed by atoms with E-state index in [1.54, 1.807) is 0 Å². The van der Waals surface area contributed by atoms with Crippen LogP contribution in [0.3, 0.4) is 0 Å². The molecule has 1 amide bonds. The Hall–Kier alpha value is -2.36. The first kappa shape index (κ1) is 20.0. The minimum Gasteiger partial charge on any atom is -0.480 e. The fourth-order valence-electron chi connectivity index (χ4n) is 2.85. The first-order valence-electron chi connectivity index (χ1n) is 7.80. The van der Waals surface area contributed by atoms with Gasteiger partial charge in [0.2, 0.25) is 0 Å². The second-order valence-electron chi connectivity index (χ2n) is 5.94. The van der Waals surface area contributed by atoms with E-state index in [2.05, 4.69) is 5.32 Å². The van der Waals surface area contributed by atoms with Crippen LogP contribution < -0.4 is 10.2 Å². The summed E-state index contributed by atoms with van der Waals surface area (Å²) < 4.78 is 57.8. The molecule has 1 saturated heterocycles. The van der Waals surface area contributed by atoms with E-state index in [1.165, 1.54) is 17.9 Å². The van der Waals surface area contributed by atoms with E-state index < -0.39 is 42.9 Å². The standard InChI is InChI=1S/C16H18F4N2O4/c1-9-4-10(5-12(17)14(9)15(25)21-7-13(23)24)22-2-3-26-8-11(22)6-16(18,19)20/h4-5,11H,2-3,6-8H2,1H3,(H,21,25)(H,23,24). The monoisotopic (exact) mass is 378 g/mol. The Labute approximate surface area is 146 Å². The summed E-state index contributed by atoms with van der Waals surface area (Å²) in [5, 5.41) is 10.6. The SMILES string of the molecule is Cc1cc(N2CCOCC2CC(F)(F)F)cc(F)c1C(=O)NCC(=O)O. The van der Waals surface area contributed by atoms with Crippen molar-refractivity contribution in [3.05, 3.63) is 29.1 Å². The lowest BCUT2D eigenvalue weighted by molar-refractivity contribution is -0.143. The van der Waals surface area contributed by atoms with Gasteiger partial charge in [0.1, 0.15) is 12.4 Å². The smallest absolute Gasteiger partial charge is 0.391 e. The van der Waals surface area contributed by atoms with Crippen LogP contribution in [-0.2, 0) is 9.53 Å². The molecule has 144 valence electrons. The Kier molecular flexibility index (Phi) is 6.06. The van der Waals surface area contributed by atoms with E-state index in [0.29, 0.717) is 0 Å². The number of carbonyl (C=O) groups excluding carboxylic acids is 1. The van der Waals surface area contributed by atoms with Crippen molar-refractivity contribution in [2.75, 3.05) is 31.2 Å². The predicted octanol–water partition coefficient (Wildman–Crippen LogP) is 2.11. The third kappa shape index (κ3) is 5.07. The van der Waals surface area contributed by atoms with E-state index in [4.69, 9.17) is 9.84 Å². The number of nitrogens with one attached hydrogen (secondary N) is 1. The number of halogens is 4. The zero-order valence-electron chi connectivity index (χ0n) is 13.9. The topological polar surface area (TPSA) is 78.9 Å². The molecule has 1 aliphatic heterocycles. The van der Waals surface area contributed by atoms with Gasteiger partial charge >= 0.3 is 12.1 Å². The van der Waals surface area contributed by atoms with Gasteiger partial charge in [-0.3, -0.25) is 9.59 Å². The highest BCUT2D eigenvalue weighted by Crippen LogP contribution is 2.31. The molecule has 1 aliphatic rings. The van der Waals surface area contributed by atoms with Gasteiger partial charge in [-0.1, -0.05) is 0 Å². The van der Waals surface area contributed by atoms with Crippen molar-refractivity contribution in [2.24, 2.45) is 0 Å². The molecule has 0 aliphatic carbocycles. The fraction of sp³-hybridized carbons (Fsp3) is 0.500. The number of rotatable bonds is 5. The van der Waals surface area contributed by atoms with Crippen LogP contribution in [0.2, 0.25) is 0 Å². The van der Waals surface area contributed by atoms with E-state index in [1.807, 2.05) is 0 Å². The van der Waals surface area contributed by atoms with Crippen LogP contribution in [0.1, 0.15) is 22.3 Å². The van der Waals surface area contributed by atoms with Gasteiger partial charge in [0, 0.05) is 12.2 Å². The number of aryl methyl sites for hydroxylation is 1. The minimum atomic E-state index is -4.39. The molecule has 0 spiro atoms. The number of aliphatic carboxylic acids is 1. The van der Waals surface area contributed by atoms with Gasteiger partial charge < -0.3 is 20.1 Å². The number of carboxylic acids is 1. The molecule has 0 bridgehead atoms. The van der Waals surface area contributed by atoms with Crippen LogP contribution in [0.4, 0.5) is 23.2 Å². The maximum atomic E-state index is 14.4. The number of hydrogen-bond acceptors (Lipinski definition) is 4. The quantitative estimate of drug-likeness (QED) is 0.768. The first-order valence-corrected chi connectivity index (χ1v) is 7.80. The van der Waals surface area contributed by atoms with Crippen molar-refractivity contribution in [2.45, 2.75) is 25.6 Å². The molecule has 1 atom stereocenters. The summed E-state index contributed by atoms with van der Waals surface area (Å²) >= 11 is 0. The summed E-state index contributed by atoms with van der Waals surface area (Å²) in [6.45, 7) is 0.985. The molecule has 26 heavy (non-hydrogen) atoms. The number of carbonyl (C=O) groups is 2. The summed E-state index contributed by atoms with van der Waals surface area (Å²) in [6, 6.07) is 1.40. The average Bonchev–Trinajstić information content (AvgIpc) is 2.51. The molecule has 1 aromatic carbocycles. The normalized spacial score (nSPS) is 17.9. The fourth-order valence-corrected chi connectivity index (χ4v) is 2.85. The number of ether oxygens (including phenoxy) is 1. The Bertz CT molecular complexity index is 670. The summed E-state index contributed by atoms with van der Waals surface area (Å²) in [4.78, 5) is 23.8. The van der Waals surface area contributed by atoms with Gasteiger partial charge in [-0.05, 0) is 24.6 Å². The third-order valence-corrected chi connectivity index (χ3v) is 3.93. The molecular formula is C16H18F4N2O4. The number of carboxylic acid groups (broad SMARTS) is 1. The van der Waals surface area contributed by atoms with Crippen molar-refractivity contribution in [1.82, 2.24) is 5.32 Å². The third-order valence-electron chi connectivity index (χ3n) is 3.93. The highest BCUT2D eigenvalue weighted by atomic mass is 19.4. The number of morpholine rings is 1. The molecule has 10 heteroatoms. The average molecular weight is 378 g/mol. The molecule has 1 fully saturated rings. The number of nitrogens with zero attached hydrogens (tertiary/aromatic N) is 1. The van der Waals surface area contributed by atoms with Gasteiger partial charge in [0.15, 0.2) is 0 Å². The van der Waals surface area contributed by atoms with E-state index >= 15 is 0 Å². The van der Waals surface area contributed by atoms with Crippen LogP contribution in [0.5, 0.6) is 0 Å². The molecular weight excluding hydrogens is 360 g/mol. The number of hydrogen-bond donors (Lipinski definition) is 2. The maximum absolute atomic E-state index is 14.4. The zero-order valence-corrected chi connectivity index (χ0v) is 13.9. The molecule has 2 N–H and O–H groups in total.